The van der Waals surface area contributed by atoms with Crippen LogP contribution >= 0.6 is 11.3 Å². The van der Waals surface area contributed by atoms with Gasteiger partial charge < -0.3 is 5.32 Å². The average Bonchev–Trinajstić information content (AvgIpc) is 3.04. The second-order valence-corrected chi connectivity index (χ2v) is 11.2. The number of hydrogen-bond donors (Lipinski definition) is 1. The number of anilines is 1. The highest BCUT2D eigenvalue weighted by molar-refractivity contribution is 7.89. The topological polar surface area (TPSA) is 101 Å². The van der Waals surface area contributed by atoms with E-state index in [9.17, 15) is 18.0 Å². The lowest BCUT2D eigenvalue weighted by Crippen LogP contribution is -2.32. The largest absolute Gasteiger partial charge is 0.324 e. The molecule has 0 saturated carbocycles. The van der Waals surface area contributed by atoms with Gasteiger partial charge in [-0.1, -0.05) is 12.8 Å². The molecule has 1 aliphatic rings. The molecule has 2 aromatic heterocycles. The van der Waals surface area contributed by atoms with Crippen LogP contribution in [0.4, 0.5) is 5.69 Å². The summed E-state index contributed by atoms with van der Waals surface area (Å²) < 4.78 is 28.4. The molecule has 3 heterocycles. The number of hydrogen-bond acceptors (Lipinski definition) is 6. The van der Waals surface area contributed by atoms with Gasteiger partial charge in [0.2, 0.25) is 15.9 Å². The number of sulfonamides is 1. The van der Waals surface area contributed by atoms with E-state index in [-0.39, 0.29) is 17.0 Å². The molecule has 33 heavy (non-hydrogen) atoms. The van der Waals surface area contributed by atoms with E-state index < -0.39 is 15.9 Å². The zero-order valence-electron chi connectivity index (χ0n) is 18.4. The molecule has 0 atom stereocenters. The first kappa shape index (κ1) is 23.3. The van der Waals surface area contributed by atoms with Crippen LogP contribution in [0.3, 0.4) is 0 Å². The number of benzene rings is 1. The molecule has 1 N–H and O–H groups in total. The third-order valence-corrected chi connectivity index (χ3v) is 8.43. The second kappa shape index (κ2) is 9.98. The number of nitrogens with zero attached hydrogens (tertiary/aromatic N) is 3. The van der Waals surface area contributed by atoms with Gasteiger partial charge >= 0.3 is 0 Å². The van der Waals surface area contributed by atoms with E-state index in [1.54, 1.807) is 29.5 Å². The highest BCUT2D eigenvalue weighted by Gasteiger charge is 2.25. The van der Waals surface area contributed by atoms with Gasteiger partial charge in [-0.15, -0.1) is 11.3 Å². The summed E-state index contributed by atoms with van der Waals surface area (Å²) in [6.45, 7) is 2.81. The molecule has 0 spiro atoms. The fourth-order valence-electron chi connectivity index (χ4n) is 3.74. The van der Waals surface area contributed by atoms with E-state index in [0.717, 1.165) is 40.1 Å². The zero-order valence-corrected chi connectivity index (χ0v) is 20.0. The summed E-state index contributed by atoms with van der Waals surface area (Å²) in [6, 6.07) is 13.1. The standard InChI is InChI=1S/C23H26N4O4S2/c1-17-6-12-21(32-17)20-11-13-23(29)27(25-20)16-22(28)24-18-7-9-19(10-8-18)33(30,31)26-14-4-2-3-5-15-26/h6-13H,2-5,14-16H2,1H3,(H,24,28). The van der Waals surface area contributed by atoms with E-state index in [1.165, 1.54) is 22.5 Å². The van der Waals surface area contributed by atoms with Crippen molar-refractivity contribution in [3.8, 4) is 10.6 Å². The summed E-state index contributed by atoms with van der Waals surface area (Å²) in [5.74, 6) is -0.424. The number of thiophene rings is 1. The number of rotatable bonds is 6. The molecule has 0 aliphatic carbocycles. The first-order valence-electron chi connectivity index (χ1n) is 10.9. The monoisotopic (exact) mass is 486 g/mol. The minimum absolute atomic E-state index is 0.208. The Morgan fingerprint density at radius 2 is 1.70 bits per heavy atom. The molecule has 174 valence electrons. The molecule has 4 rings (SSSR count). The quantitative estimate of drug-likeness (QED) is 0.575. The Bertz CT molecular complexity index is 1290. The Morgan fingerprint density at radius 3 is 2.33 bits per heavy atom. The van der Waals surface area contributed by atoms with Gasteiger partial charge in [-0.05, 0) is 62.2 Å². The van der Waals surface area contributed by atoms with Gasteiger partial charge in [0.1, 0.15) is 12.2 Å². The van der Waals surface area contributed by atoms with E-state index >= 15 is 0 Å². The van der Waals surface area contributed by atoms with Crippen molar-refractivity contribution >= 4 is 33.0 Å². The van der Waals surface area contributed by atoms with Crippen molar-refractivity contribution in [2.45, 2.75) is 44.0 Å². The molecule has 1 aliphatic heterocycles. The van der Waals surface area contributed by atoms with Crippen LogP contribution in [0, 0.1) is 6.92 Å². The number of carbonyl (C=O) groups is 1. The molecule has 0 unspecified atom stereocenters. The summed E-state index contributed by atoms with van der Waals surface area (Å²) in [5, 5.41) is 7.02. The Hall–Kier alpha value is -2.82. The number of nitrogens with one attached hydrogen (secondary N) is 1. The lowest BCUT2D eigenvalue weighted by atomic mass is 10.2. The van der Waals surface area contributed by atoms with Crippen molar-refractivity contribution in [2.75, 3.05) is 18.4 Å². The third-order valence-electron chi connectivity index (χ3n) is 5.49. The molecule has 1 saturated heterocycles. The lowest BCUT2D eigenvalue weighted by molar-refractivity contribution is -0.117. The van der Waals surface area contributed by atoms with Gasteiger partial charge in [-0.3, -0.25) is 9.59 Å². The van der Waals surface area contributed by atoms with Crippen LogP contribution in [0.15, 0.2) is 58.2 Å². The van der Waals surface area contributed by atoms with Gasteiger partial charge in [0.25, 0.3) is 5.56 Å². The van der Waals surface area contributed by atoms with E-state index in [2.05, 4.69) is 10.4 Å². The predicted molar refractivity (Wildman–Crippen MR) is 129 cm³/mol. The molecule has 3 aromatic rings. The third kappa shape index (κ3) is 5.58. The normalized spacial score (nSPS) is 15.2. The molecule has 1 amide bonds. The molecule has 10 heteroatoms. The second-order valence-electron chi connectivity index (χ2n) is 8.02. The van der Waals surface area contributed by atoms with Gasteiger partial charge in [-0.2, -0.15) is 9.40 Å². The van der Waals surface area contributed by atoms with Crippen molar-refractivity contribution in [3.63, 3.8) is 0 Å². The minimum atomic E-state index is -3.55. The zero-order chi connectivity index (χ0) is 23.4. The van der Waals surface area contributed by atoms with Crippen LogP contribution in [-0.4, -0.2) is 41.5 Å². The van der Waals surface area contributed by atoms with E-state index in [4.69, 9.17) is 0 Å². The Kier molecular flexibility index (Phi) is 7.06. The van der Waals surface area contributed by atoms with Crippen LogP contribution in [0.1, 0.15) is 30.6 Å². The Morgan fingerprint density at radius 1 is 1.00 bits per heavy atom. The van der Waals surface area contributed by atoms with Crippen molar-refractivity contribution < 1.29 is 13.2 Å². The summed E-state index contributed by atoms with van der Waals surface area (Å²) in [7, 11) is -3.55. The van der Waals surface area contributed by atoms with Crippen molar-refractivity contribution in [1.29, 1.82) is 0 Å². The minimum Gasteiger partial charge on any atom is -0.324 e. The number of aromatic nitrogens is 2. The average molecular weight is 487 g/mol. The highest BCUT2D eigenvalue weighted by Crippen LogP contribution is 2.25. The highest BCUT2D eigenvalue weighted by atomic mass is 32.2. The number of amides is 1. The number of aryl methyl sites for hydroxylation is 1. The summed E-state index contributed by atoms with van der Waals surface area (Å²) in [4.78, 5) is 27.0. The fraction of sp³-hybridized carbons (Fsp3) is 0.348. The Labute approximate surface area is 196 Å². The van der Waals surface area contributed by atoms with Gasteiger partial charge in [-0.25, -0.2) is 13.1 Å². The molecule has 0 bridgehead atoms. The Balaban J connectivity index is 1.43. The summed E-state index contributed by atoms with van der Waals surface area (Å²) in [5.41, 5.74) is 0.706. The SMILES string of the molecule is Cc1ccc(-c2ccc(=O)n(CC(=O)Nc3ccc(S(=O)(=O)N4CCCCCC4)cc3)n2)s1. The van der Waals surface area contributed by atoms with E-state index in [1.807, 2.05) is 19.1 Å². The molecular formula is C23H26N4O4S2. The molecule has 8 nitrogen and oxygen atoms in total. The maximum absolute atomic E-state index is 12.9. The predicted octanol–water partition coefficient (Wildman–Crippen LogP) is 3.48. The lowest BCUT2D eigenvalue weighted by Gasteiger charge is -2.20. The molecule has 1 fully saturated rings. The van der Waals surface area contributed by atoms with Crippen LogP contribution in [-0.2, 0) is 21.4 Å². The van der Waals surface area contributed by atoms with Crippen LogP contribution < -0.4 is 10.9 Å². The maximum Gasteiger partial charge on any atom is 0.267 e. The fourth-order valence-corrected chi connectivity index (χ4v) is 6.09. The molecule has 0 radical (unpaired) electrons. The first-order valence-corrected chi connectivity index (χ1v) is 13.1. The van der Waals surface area contributed by atoms with Gasteiger partial charge in [0.05, 0.1) is 9.77 Å². The van der Waals surface area contributed by atoms with Crippen molar-refractivity contribution in [1.82, 2.24) is 14.1 Å². The summed E-state index contributed by atoms with van der Waals surface area (Å²) >= 11 is 1.56. The van der Waals surface area contributed by atoms with E-state index in [0.29, 0.717) is 24.5 Å². The molecular weight excluding hydrogens is 460 g/mol. The van der Waals surface area contributed by atoms with Gasteiger partial charge in [0, 0.05) is 29.7 Å². The number of carbonyl (C=O) groups excluding carboxylic acids is 1. The van der Waals surface area contributed by atoms with Crippen molar-refractivity contribution in [2.24, 2.45) is 0 Å². The van der Waals surface area contributed by atoms with Gasteiger partial charge in [0.15, 0.2) is 0 Å². The van der Waals surface area contributed by atoms with Crippen LogP contribution in [0.25, 0.3) is 10.6 Å². The van der Waals surface area contributed by atoms with Crippen LogP contribution in [0.5, 0.6) is 0 Å². The van der Waals surface area contributed by atoms with Crippen molar-refractivity contribution in [3.05, 3.63) is 63.8 Å². The first-order chi connectivity index (χ1) is 15.8. The summed E-state index contributed by atoms with van der Waals surface area (Å²) in [6.07, 6.45) is 3.83. The maximum atomic E-state index is 12.9. The van der Waals surface area contributed by atoms with Crippen LogP contribution in [0.2, 0.25) is 0 Å². The molecule has 1 aromatic carbocycles. The smallest absolute Gasteiger partial charge is 0.267 e.